The average molecular weight is 571 g/mol. The molecule has 0 saturated carbocycles. The monoisotopic (exact) mass is 570 g/mol. The highest BCUT2D eigenvalue weighted by atomic mass is 79.9. The number of aliphatic hydroxyl groups is 1. The Bertz CT molecular complexity index is 1380. The minimum atomic E-state index is -0.879. The fourth-order valence-electron chi connectivity index (χ4n) is 4.90. The lowest BCUT2D eigenvalue weighted by Crippen LogP contribution is -2.33. The van der Waals surface area contributed by atoms with Gasteiger partial charge in [-0.25, -0.2) is 4.98 Å². The summed E-state index contributed by atoms with van der Waals surface area (Å²) in [6, 6.07) is 7.78. The van der Waals surface area contributed by atoms with Crippen molar-refractivity contribution in [2.24, 2.45) is 0 Å². The van der Waals surface area contributed by atoms with E-state index < -0.39 is 17.7 Å². The maximum absolute atomic E-state index is 13.5. The normalized spacial score (nSPS) is 17.4. The van der Waals surface area contributed by atoms with Gasteiger partial charge in [0.05, 0.1) is 28.9 Å². The number of aliphatic hydroxyl groups excluding tert-OH is 1. The summed E-state index contributed by atoms with van der Waals surface area (Å²) in [5.74, 6) is -1.65. The number of hydrogen-bond donors (Lipinski definition) is 2. The van der Waals surface area contributed by atoms with E-state index in [9.17, 15) is 19.8 Å². The van der Waals surface area contributed by atoms with Gasteiger partial charge in [0.1, 0.15) is 11.3 Å². The number of pyridine rings is 1. The number of Topliss-reactive ketones (excluding diaryl/α,β-unsaturated/α-hetero) is 1. The van der Waals surface area contributed by atoms with Crippen LogP contribution in [-0.2, 0) is 9.59 Å². The molecule has 1 fully saturated rings. The third-order valence-corrected chi connectivity index (χ3v) is 7.43. The lowest BCUT2D eigenvalue weighted by atomic mass is 9.95. The van der Waals surface area contributed by atoms with Gasteiger partial charge in [0.25, 0.3) is 11.7 Å². The molecule has 1 aliphatic heterocycles. The summed E-state index contributed by atoms with van der Waals surface area (Å²) in [6.07, 6.45) is 2.40. The van der Waals surface area contributed by atoms with Gasteiger partial charge in [-0.15, -0.1) is 0 Å². The second-order valence-corrected chi connectivity index (χ2v) is 9.76. The number of aromatic hydroxyl groups is 1. The summed E-state index contributed by atoms with van der Waals surface area (Å²) >= 11 is 3.35. The number of phenols is 1. The van der Waals surface area contributed by atoms with E-state index in [-0.39, 0.29) is 22.8 Å². The van der Waals surface area contributed by atoms with E-state index in [1.807, 2.05) is 6.07 Å². The zero-order valence-corrected chi connectivity index (χ0v) is 22.9. The highest BCUT2D eigenvalue weighted by Gasteiger charge is 2.46. The van der Waals surface area contributed by atoms with Crippen molar-refractivity contribution in [3.8, 4) is 11.5 Å². The van der Waals surface area contributed by atoms with Gasteiger partial charge in [0, 0.05) is 12.7 Å². The Kier molecular flexibility index (Phi) is 7.89. The van der Waals surface area contributed by atoms with Crippen LogP contribution in [0.3, 0.4) is 0 Å². The number of likely N-dealkylation sites (tertiary alicyclic amines) is 1. The number of imidazole rings is 1. The molecule has 37 heavy (non-hydrogen) atoms. The van der Waals surface area contributed by atoms with E-state index >= 15 is 0 Å². The maximum Gasteiger partial charge on any atom is 0.295 e. The number of benzene rings is 1. The number of aryl methyl sites for hydroxylation is 1. The molecule has 1 unspecified atom stereocenters. The van der Waals surface area contributed by atoms with Crippen molar-refractivity contribution in [3.05, 3.63) is 63.5 Å². The predicted molar refractivity (Wildman–Crippen MR) is 144 cm³/mol. The van der Waals surface area contributed by atoms with Crippen molar-refractivity contribution in [1.82, 2.24) is 19.2 Å². The summed E-state index contributed by atoms with van der Waals surface area (Å²) in [6.45, 7) is 8.75. The summed E-state index contributed by atoms with van der Waals surface area (Å²) in [4.78, 5) is 35.0. The van der Waals surface area contributed by atoms with Crippen LogP contribution in [0.25, 0.3) is 11.4 Å². The summed E-state index contributed by atoms with van der Waals surface area (Å²) in [5.41, 5.74) is 1.99. The lowest BCUT2D eigenvalue weighted by molar-refractivity contribution is -0.140. The maximum atomic E-state index is 13.5. The van der Waals surface area contributed by atoms with Crippen LogP contribution in [-0.4, -0.2) is 74.4 Å². The zero-order chi connectivity index (χ0) is 26.9. The van der Waals surface area contributed by atoms with Gasteiger partial charge in [-0.3, -0.25) is 14.0 Å². The SMILES string of the molecule is CCN(CC)CCCN1C(=O)C(=O)/C(=C(/O)c2c(C)nc3ccccn23)C1c1cc(Br)c(O)c(OC)c1. The standard InChI is InChI=1S/C27H31BrN4O5/c1-5-30(6-2)11-9-13-32-23(17-14-18(28)24(33)19(15-17)37-4)21(26(35)27(32)36)25(34)22-16(3)29-20-10-7-8-12-31(20)22/h7-8,10,12,14-15,23,33-34H,5-6,9,11,13H2,1-4H3/b25-21+. The number of rotatable bonds is 9. The van der Waals surface area contributed by atoms with Crippen LogP contribution < -0.4 is 4.74 Å². The molecule has 0 radical (unpaired) electrons. The summed E-state index contributed by atoms with van der Waals surface area (Å²) < 4.78 is 7.38. The van der Waals surface area contributed by atoms with Gasteiger partial charge < -0.3 is 24.7 Å². The molecule has 3 aromatic rings. The molecule has 3 heterocycles. The molecule has 1 atom stereocenters. The van der Waals surface area contributed by atoms with E-state index in [2.05, 4.69) is 39.7 Å². The third-order valence-electron chi connectivity index (χ3n) is 6.82. The first-order chi connectivity index (χ1) is 17.7. The Morgan fingerprint density at radius 1 is 1.22 bits per heavy atom. The highest BCUT2D eigenvalue weighted by Crippen LogP contribution is 2.44. The number of fused-ring (bicyclic) bond motifs is 1. The zero-order valence-electron chi connectivity index (χ0n) is 21.4. The molecule has 0 bridgehead atoms. The number of ether oxygens (including phenoxy) is 1. The number of methoxy groups -OCH3 is 1. The number of carbonyl (C=O) groups is 2. The first kappa shape index (κ1) is 26.7. The van der Waals surface area contributed by atoms with Crippen LogP contribution in [0.4, 0.5) is 0 Å². The molecule has 1 saturated heterocycles. The van der Waals surface area contributed by atoms with Crippen LogP contribution in [0.2, 0.25) is 0 Å². The Labute approximate surface area is 224 Å². The van der Waals surface area contributed by atoms with Gasteiger partial charge >= 0.3 is 0 Å². The summed E-state index contributed by atoms with van der Waals surface area (Å²) in [5, 5.41) is 22.0. The molecule has 0 aliphatic carbocycles. The van der Waals surface area contributed by atoms with Gasteiger partial charge in [0.2, 0.25) is 0 Å². The smallest absolute Gasteiger partial charge is 0.295 e. The quantitative estimate of drug-likeness (QED) is 0.224. The second kappa shape index (κ2) is 10.9. The number of carbonyl (C=O) groups excluding carboxylic acids is 2. The van der Waals surface area contributed by atoms with Crippen molar-refractivity contribution in [2.45, 2.75) is 33.2 Å². The highest BCUT2D eigenvalue weighted by molar-refractivity contribution is 9.10. The van der Waals surface area contributed by atoms with E-state index in [1.165, 1.54) is 12.0 Å². The fourth-order valence-corrected chi connectivity index (χ4v) is 5.36. The number of aromatic nitrogens is 2. The number of phenolic OH excluding ortho intramolecular Hbond substituents is 1. The molecule has 0 spiro atoms. The van der Waals surface area contributed by atoms with Crippen LogP contribution >= 0.6 is 15.9 Å². The van der Waals surface area contributed by atoms with Gasteiger partial charge in [0.15, 0.2) is 17.3 Å². The molecule has 1 amide bonds. The lowest BCUT2D eigenvalue weighted by Gasteiger charge is -2.27. The van der Waals surface area contributed by atoms with Crippen molar-refractivity contribution in [1.29, 1.82) is 0 Å². The number of amides is 1. The topological polar surface area (TPSA) is 108 Å². The second-order valence-electron chi connectivity index (χ2n) is 8.90. The molecule has 2 N–H and O–H groups in total. The number of ketones is 1. The minimum absolute atomic E-state index is 0.0266. The van der Waals surface area contributed by atoms with Gasteiger partial charge in [-0.1, -0.05) is 19.9 Å². The van der Waals surface area contributed by atoms with Gasteiger partial charge in [-0.05, 0) is 78.7 Å². The average Bonchev–Trinajstić information content (AvgIpc) is 3.36. The first-order valence-electron chi connectivity index (χ1n) is 12.2. The Morgan fingerprint density at radius 2 is 1.95 bits per heavy atom. The van der Waals surface area contributed by atoms with Crippen LogP contribution in [0.1, 0.15) is 43.3 Å². The van der Waals surface area contributed by atoms with Crippen LogP contribution in [0.15, 0.2) is 46.6 Å². The van der Waals surface area contributed by atoms with E-state index in [0.29, 0.717) is 40.0 Å². The largest absolute Gasteiger partial charge is 0.505 e. The molecule has 2 aromatic heterocycles. The van der Waals surface area contributed by atoms with Crippen molar-refractivity contribution in [3.63, 3.8) is 0 Å². The molecule has 1 aromatic carbocycles. The molecule has 9 nitrogen and oxygen atoms in total. The molecule has 1 aliphatic rings. The van der Waals surface area contributed by atoms with Crippen molar-refractivity contribution in [2.75, 3.05) is 33.3 Å². The molecular weight excluding hydrogens is 540 g/mol. The van der Waals surface area contributed by atoms with E-state index in [1.54, 1.807) is 41.8 Å². The third kappa shape index (κ3) is 4.83. The molecule has 196 valence electrons. The molecule has 10 heteroatoms. The Balaban J connectivity index is 1.88. The van der Waals surface area contributed by atoms with Crippen LogP contribution in [0, 0.1) is 6.92 Å². The molecule has 4 rings (SSSR count). The predicted octanol–water partition coefficient (Wildman–Crippen LogP) is 4.27. The Morgan fingerprint density at radius 3 is 2.62 bits per heavy atom. The fraction of sp³-hybridized carbons (Fsp3) is 0.370. The van der Waals surface area contributed by atoms with Gasteiger partial charge in [-0.2, -0.15) is 0 Å². The first-order valence-corrected chi connectivity index (χ1v) is 13.0. The number of hydrogen-bond acceptors (Lipinski definition) is 7. The molecular formula is C27H31BrN4O5. The van der Waals surface area contributed by atoms with E-state index in [0.717, 1.165) is 19.6 Å². The minimum Gasteiger partial charge on any atom is -0.505 e. The van der Waals surface area contributed by atoms with Crippen molar-refractivity contribution < 1.29 is 24.5 Å². The number of halogens is 1. The summed E-state index contributed by atoms with van der Waals surface area (Å²) in [7, 11) is 1.42. The van der Waals surface area contributed by atoms with Crippen molar-refractivity contribution >= 4 is 39.0 Å². The Hall–Kier alpha value is -3.37. The van der Waals surface area contributed by atoms with E-state index in [4.69, 9.17) is 4.74 Å². The van der Waals surface area contributed by atoms with Crippen LogP contribution in [0.5, 0.6) is 11.5 Å². The number of nitrogens with zero attached hydrogens (tertiary/aromatic N) is 4.